The smallest absolute Gasteiger partial charge is 0.414 e. The number of carbonyl (C=O) groups is 1. The van der Waals surface area contributed by atoms with Crippen LogP contribution in [0.1, 0.15) is 30.9 Å². The van der Waals surface area contributed by atoms with E-state index in [9.17, 15) is 13.2 Å². The van der Waals surface area contributed by atoms with Gasteiger partial charge in [-0.05, 0) is 43.9 Å². The number of benzene rings is 1. The van der Waals surface area contributed by atoms with Crippen LogP contribution in [0.5, 0.6) is 0 Å². The number of sulfonamides is 1. The van der Waals surface area contributed by atoms with Gasteiger partial charge in [-0.2, -0.15) is 4.31 Å². The third-order valence-electron chi connectivity index (χ3n) is 6.13. The van der Waals surface area contributed by atoms with Crippen molar-refractivity contribution in [2.24, 2.45) is 0 Å². The number of hydrogen-bond donors (Lipinski definition) is 1. The molecule has 31 heavy (non-hydrogen) atoms. The summed E-state index contributed by atoms with van der Waals surface area (Å²) in [6.07, 6.45) is 6.16. The van der Waals surface area contributed by atoms with Crippen LogP contribution in [0.4, 0.5) is 10.5 Å². The minimum absolute atomic E-state index is 0.0974. The summed E-state index contributed by atoms with van der Waals surface area (Å²) in [4.78, 5) is 14.7. The van der Waals surface area contributed by atoms with Crippen LogP contribution in [0.3, 0.4) is 0 Å². The molecule has 1 saturated heterocycles. The highest BCUT2D eigenvalue weighted by molar-refractivity contribution is 7.96. The summed E-state index contributed by atoms with van der Waals surface area (Å²) in [6.45, 7) is 4.79. The molecule has 0 unspecified atom stereocenters. The molecule has 0 aliphatic carbocycles. The van der Waals surface area contributed by atoms with Gasteiger partial charge in [0.05, 0.1) is 23.5 Å². The van der Waals surface area contributed by atoms with Gasteiger partial charge in [-0.15, -0.1) is 0 Å². The first-order chi connectivity index (χ1) is 14.9. The summed E-state index contributed by atoms with van der Waals surface area (Å²) >= 11 is 1.34. The van der Waals surface area contributed by atoms with Gasteiger partial charge in [0, 0.05) is 37.1 Å². The van der Waals surface area contributed by atoms with Crippen LogP contribution in [-0.2, 0) is 21.4 Å². The number of aryl methyl sites for hydroxylation is 1. The van der Waals surface area contributed by atoms with Gasteiger partial charge in [-0.3, -0.25) is 9.21 Å². The van der Waals surface area contributed by atoms with E-state index in [1.807, 2.05) is 48.6 Å². The number of ether oxygens (including phenoxy) is 1. The third-order valence-corrected chi connectivity index (χ3v) is 8.96. The number of rotatable bonds is 3. The fourth-order valence-corrected chi connectivity index (χ4v) is 7.15. The number of piperidine rings is 1. The summed E-state index contributed by atoms with van der Waals surface area (Å²) < 4.78 is 38.8. The summed E-state index contributed by atoms with van der Waals surface area (Å²) in [6, 6.07) is 5.83. The minimum Gasteiger partial charge on any atom is -0.444 e. The van der Waals surface area contributed by atoms with Gasteiger partial charge >= 0.3 is 6.09 Å². The Morgan fingerprint density at radius 3 is 2.74 bits per heavy atom. The maximum atomic E-state index is 13.5. The summed E-state index contributed by atoms with van der Waals surface area (Å²) in [7, 11) is -3.66. The van der Waals surface area contributed by atoms with Gasteiger partial charge in [-0.1, -0.05) is 18.2 Å². The summed E-state index contributed by atoms with van der Waals surface area (Å²) in [5.41, 5.74) is 4.29. The molecular formula is C21H24N4O4S2. The minimum atomic E-state index is -3.66. The fourth-order valence-electron chi connectivity index (χ4n) is 4.60. The average molecular weight is 461 g/mol. The number of nitrogens with zero attached hydrogens (tertiary/aromatic N) is 3. The Morgan fingerprint density at radius 2 is 1.97 bits per heavy atom. The highest BCUT2D eigenvalue weighted by atomic mass is 32.2. The third kappa shape index (κ3) is 3.33. The monoisotopic (exact) mass is 460 g/mol. The van der Waals surface area contributed by atoms with Crippen molar-refractivity contribution in [2.45, 2.75) is 39.3 Å². The topological polar surface area (TPSA) is 82.2 Å². The molecule has 0 saturated carbocycles. The van der Waals surface area contributed by atoms with Gasteiger partial charge < -0.3 is 9.46 Å². The number of amides is 1. The maximum absolute atomic E-state index is 13.5. The largest absolute Gasteiger partial charge is 0.444 e. The molecule has 0 spiro atoms. The maximum Gasteiger partial charge on any atom is 0.414 e. The Balaban J connectivity index is 1.38. The molecule has 0 radical (unpaired) electrons. The number of cyclic esters (lactones) is 1. The molecule has 1 N–H and O–H groups in total. The van der Waals surface area contributed by atoms with E-state index < -0.39 is 10.0 Å². The lowest BCUT2D eigenvalue weighted by atomic mass is 10.00. The van der Waals surface area contributed by atoms with Crippen LogP contribution in [-0.4, -0.2) is 42.3 Å². The van der Waals surface area contributed by atoms with Crippen molar-refractivity contribution in [3.8, 4) is 0 Å². The summed E-state index contributed by atoms with van der Waals surface area (Å²) in [5.74, 6) is 0. The van der Waals surface area contributed by atoms with E-state index in [0.29, 0.717) is 36.5 Å². The highest BCUT2D eigenvalue weighted by Crippen LogP contribution is 2.39. The molecule has 0 bridgehead atoms. The normalized spacial score (nSPS) is 22.1. The Morgan fingerprint density at radius 1 is 1.19 bits per heavy atom. The van der Waals surface area contributed by atoms with Crippen LogP contribution in [0.15, 0.2) is 52.9 Å². The van der Waals surface area contributed by atoms with Gasteiger partial charge in [0.2, 0.25) is 10.0 Å². The lowest BCUT2D eigenvalue weighted by molar-refractivity contribution is 0.135. The zero-order valence-electron chi connectivity index (χ0n) is 17.4. The Labute approximate surface area is 186 Å². The van der Waals surface area contributed by atoms with Crippen LogP contribution < -0.4 is 9.62 Å². The molecule has 0 atom stereocenters. The second-order valence-corrected chi connectivity index (χ2v) is 10.7. The molecule has 4 heterocycles. The number of fused-ring (bicyclic) bond motifs is 2. The van der Waals surface area contributed by atoms with Crippen LogP contribution >= 0.6 is 12.1 Å². The number of anilines is 1. The average Bonchev–Trinajstić information content (AvgIpc) is 3.22. The van der Waals surface area contributed by atoms with Crippen molar-refractivity contribution >= 4 is 33.9 Å². The van der Waals surface area contributed by atoms with Crippen molar-refractivity contribution < 1.29 is 17.9 Å². The van der Waals surface area contributed by atoms with Crippen LogP contribution in [0.2, 0.25) is 0 Å². The Bertz CT molecular complexity index is 1130. The van der Waals surface area contributed by atoms with Crippen molar-refractivity contribution in [1.82, 2.24) is 13.3 Å². The van der Waals surface area contributed by atoms with E-state index in [1.54, 1.807) is 11.1 Å². The molecule has 1 aromatic carbocycles. The quantitative estimate of drug-likeness (QED) is 0.693. The van der Waals surface area contributed by atoms with Gasteiger partial charge in [0.1, 0.15) is 11.5 Å². The van der Waals surface area contributed by atoms with Crippen LogP contribution in [0.25, 0.3) is 0 Å². The Kier molecular flexibility index (Phi) is 5.03. The predicted molar refractivity (Wildman–Crippen MR) is 120 cm³/mol. The molecule has 4 aliphatic rings. The standard InChI is InChI=1S/C21H24N4O4S2/c1-14-4-3-5-16-13-29-21(26)25(19(14)16)17-7-9-23(10-8-17)31(27,28)20-15(2)6-11-24-18(20)12-22-30-24/h3-6,11-12,17,22H,7-10,13H2,1-2H3. The van der Waals surface area contributed by atoms with Gasteiger partial charge in [0.25, 0.3) is 0 Å². The lowest BCUT2D eigenvalue weighted by Gasteiger charge is -2.40. The van der Waals surface area contributed by atoms with Crippen LogP contribution in [0, 0.1) is 6.92 Å². The molecule has 10 heteroatoms. The zero-order valence-corrected chi connectivity index (χ0v) is 19.0. The SMILES string of the molecule is CC1=C(S(=O)(=O)N2CCC(N3C(=O)OCc4cccc(C)c43)CC2)C2=CNSN2C=C1. The number of allylic oxidation sites excluding steroid dienone is 2. The van der Waals surface area contributed by atoms with Crippen molar-refractivity contribution in [3.05, 3.63) is 64.0 Å². The predicted octanol–water partition coefficient (Wildman–Crippen LogP) is 3.36. The number of para-hydroxylation sites is 1. The molecule has 8 nitrogen and oxygen atoms in total. The molecule has 0 aromatic heterocycles. The first-order valence-electron chi connectivity index (χ1n) is 10.2. The molecule has 1 aromatic rings. The highest BCUT2D eigenvalue weighted by Gasteiger charge is 2.40. The van der Waals surface area contributed by atoms with Crippen molar-refractivity contribution in [3.63, 3.8) is 0 Å². The molecule has 164 valence electrons. The fraction of sp³-hybridized carbons (Fsp3) is 0.381. The van der Waals surface area contributed by atoms with E-state index in [2.05, 4.69) is 4.72 Å². The number of carbonyl (C=O) groups excluding carboxylic acids is 1. The van der Waals surface area contributed by atoms with E-state index in [-0.39, 0.29) is 18.7 Å². The van der Waals surface area contributed by atoms with Crippen molar-refractivity contribution in [1.29, 1.82) is 0 Å². The molecular weight excluding hydrogens is 436 g/mol. The molecule has 1 amide bonds. The number of hydrogen-bond acceptors (Lipinski definition) is 7. The van der Waals surface area contributed by atoms with E-state index in [4.69, 9.17) is 4.74 Å². The number of nitrogens with one attached hydrogen (secondary N) is 1. The van der Waals surface area contributed by atoms with Gasteiger partial charge in [-0.25, -0.2) is 13.2 Å². The van der Waals surface area contributed by atoms with Crippen molar-refractivity contribution in [2.75, 3.05) is 18.0 Å². The van der Waals surface area contributed by atoms with Gasteiger partial charge in [0.15, 0.2) is 0 Å². The molecule has 4 aliphatic heterocycles. The second-order valence-electron chi connectivity index (χ2n) is 8.03. The van der Waals surface area contributed by atoms with E-state index >= 15 is 0 Å². The second kappa shape index (κ2) is 7.61. The van der Waals surface area contributed by atoms with E-state index in [1.165, 1.54) is 16.4 Å². The molecule has 5 rings (SSSR count). The Hall–Kier alpha value is -2.43. The molecule has 1 fully saturated rings. The first kappa shape index (κ1) is 20.5. The van der Waals surface area contributed by atoms with E-state index in [0.717, 1.165) is 22.4 Å². The lowest BCUT2D eigenvalue weighted by Crippen LogP contribution is -2.51. The first-order valence-corrected chi connectivity index (χ1v) is 12.5. The zero-order chi connectivity index (χ0) is 21.8. The summed E-state index contributed by atoms with van der Waals surface area (Å²) in [5, 5.41) is 0.